The van der Waals surface area contributed by atoms with Gasteiger partial charge >= 0.3 is 206 Å². The van der Waals surface area contributed by atoms with Crippen molar-refractivity contribution in [3.05, 3.63) is 100 Å². The summed E-state index contributed by atoms with van der Waals surface area (Å²) in [5, 5.41) is 21.4. The third-order valence-electron chi connectivity index (χ3n) is 5.91. The van der Waals surface area contributed by atoms with Crippen LogP contribution in [-0.2, 0) is 11.3 Å². The van der Waals surface area contributed by atoms with Crippen molar-refractivity contribution in [2.75, 3.05) is 0 Å². The maximum absolute atomic E-state index is 14.2. The second-order valence-electron chi connectivity index (χ2n) is 8.12. The van der Waals surface area contributed by atoms with Crippen LogP contribution in [0.4, 0.5) is 4.39 Å². The van der Waals surface area contributed by atoms with Gasteiger partial charge in [0.2, 0.25) is 0 Å². The molecule has 3 aromatic carbocycles. The number of halogens is 1. The number of benzene rings is 3. The first kappa shape index (κ1) is 23.9. The number of thiazole rings is 1. The average Bonchev–Trinajstić information content (AvgIpc) is 3.49. The van der Waals surface area contributed by atoms with Crippen LogP contribution >= 0.6 is 11.3 Å². The number of aromatic hydroxyl groups is 1. The van der Waals surface area contributed by atoms with Gasteiger partial charge < -0.3 is 5.11 Å². The van der Waals surface area contributed by atoms with Gasteiger partial charge in [-0.3, -0.25) is 0 Å². The van der Waals surface area contributed by atoms with Crippen LogP contribution in [0.15, 0.2) is 72.2 Å². The van der Waals surface area contributed by atoms with Crippen molar-refractivity contribution in [1.29, 1.82) is 0 Å². The second-order valence-corrected chi connectivity index (χ2v) is 12.3. The van der Waals surface area contributed by atoms with Crippen molar-refractivity contribution >= 4 is 47.3 Å². The predicted octanol–water partition coefficient (Wildman–Crippen LogP) is 3.34. The van der Waals surface area contributed by atoms with Gasteiger partial charge in [0.1, 0.15) is 0 Å². The van der Waals surface area contributed by atoms with Crippen LogP contribution in [0.25, 0.3) is 11.1 Å². The molecule has 7 nitrogen and oxygen atoms in total. The normalized spacial score (nSPS) is 13.8. The molecule has 10 heteroatoms. The number of carbonyl (C=O) groups excluding carboxylic acids is 2. The van der Waals surface area contributed by atoms with Gasteiger partial charge in [0, 0.05) is 0 Å². The Labute approximate surface area is 215 Å². The third kappa shape index (κ3) is 4.55. The first-order valence-corrected chi connectivity index (χ1v) is 13.8. The van der Waals surface area contributed by atoms with Gasteiger partial charge in [0.25, 0.3) is 0 Å². The Morgan fingerprint density at radius 2 is 1.81 bits per heavy atom. The number of fused-ring (bicyclic) bond motifs is 1. The van der Waals surface area contributed by atoms with E-state index in [9.17, 15) is 23.9 Å². The van der Waals surface area contributed by atoms with Gasteiger partial charge in [-0.25, -0.2) is 4.79 Å². The molecule has 0 radical (unpaired) electrons. The van der Waals surface area contributed by atoms with E-state index in [2.05, 4.69) is 4.98 Å². The number of hydrogen-bond donors (Lipinski definition) is 2. The van der Waals surface area contributed by atoms with Crippen LogP contribution in [-0.4, -0.2) is 52.3 Å². The van der Waals surface area contributed by atoms with Gasteiger partial charge in [0.15, 0.2) is 0 Å². The zero-order chi connectivity index (χ0) is 25.4. The predicted molar refractivity (Wildman–Crippen MR) is 133 cm³/mol. The molecule has 1 amide bonds. The Morgan fingerprint density at radius 3 is 2.50 bits per heavy atom. The fraction of sp³-hybridized carbons (Fsp3) is 0.0769. The van der Waals surface area contributed by atoms with Gasteiger partial charge in [-0.1, -0.05) is 0 Å². The molecule has 4 aromatic rings. The molecule has 2 unspecified atom stereocenters. The van der Waals surface area contributed by atoms with E-state index < -0.39 is 39.5 Å². The molecule has 5 rings (SSSR count). The van der Waals surface area contributed by atoms with Crippen molar-refractivity contribution in [3.63, 3.8) is 0 Å². The van der Waals surface area contributed by atoms with Crippen LogP contribution in [0, 0.1) is 5.82 Å². The molecule has 0 bridgehead atoms. The topological polar surface area (TPSA) is 108 Å². The molecule has 0 spiro atoms. The number of nitrogens with zero attached hydrogens (tertiary/aromatic N) is 2. The number of hydrogen-bond acceptors (Lipinski definition) is 6. The SMILES string of the molecule is O=C(O)c1ccc(-c2ccc3c(c2)C(=O)N(C(C(=O)[AsH]c2nccs2)c2cc(F)ccc2O)C3)cc1. The average molecular weight is 564 g/mol. The van der Waals surface area contributed by atoms with Crippen LogP contribution in [0.1, 0.15) is 37.9 Å². The number of aromatic nitrogens is 1. The molecule has 1 aromatic heterocycles. The minimum absolute atomic E-state index is 0.0472. The molecule has 2 heterocycles. The van der Waals surface area contributed by atoms with Crippen molar-refractivity contribution in [3.8, 4) is 16.9 Å². The van der Waals surface area contributed by atoms with E-state index in [0.717, 1.165) is 17.7 Å². The fourth-order valence-electron chi connectivity index (χ4n) is 4.17. The molecule has 0 aliphatic carbocycles. The summed E-state index contributed by atoms with van der Waals surface area (Å²) in [6.45, 7) is 0.128. The molecule has 2 N–H and O–H groups in total. The number of rotatable bonds is 7. The number of amides is 1. The molecule has 180 valence electrons. The molecular weight excluding hydrogens is 546 g/mol. The summed E-state index contributed by atoms with van der Waals surface area (Å²) in [6.07, 6.45) is 1.60. The summed E-state index contributed by atoms with van der Waals surface area (Å²) in [4.78, 5) is 43.8. The number of carboxylic acids is 1. The van der Waals surface area contributed by atoms with E-state index in [4.69, 9.17) is 5.11 Å². The Hall–Kier alpha value is -3.81. The van der Waals surface area contributed by atoms with Crippen LogP contribution < -0.4 is 3.80 Å². The molecule has 1 aliphatic rings. The number of phenols is 1. The Bertz CT molecular complexity index is 1490. The zero-order valence-corrected chi connectivity index (χ0v) is 21.4. The van der Waals surface area contributed by atoms with Gasteiger partial charge in [0.05, 0.1) is 0 Å². The minimum atomic E-state index is -1.42. The van der Waals surface area contributed by atoms with Crippen LogP contribution in [0.5, 0.6) is 5.75 Å². The molecule has 1 aliphatic heterocycles. The first-order chi connectivity index (χ1) is 17.3. The van der Waals surface area contributed by atoms with Crippen LogP contribution in [0.2, 0.25) is 0 Å². The van der Waals surface area contributed by atoms with E-state index in [1.807, 2.05) is 6.07 Å². The van der Waals surface area contributed by atoms with Crippen LogP contribution in [0.3, 0.4) is 0 Å². The number of carbonyl (C=O) groups is 3. The second kappa shape index (κ2) is 9.68. The first-order valence-electron chi connectivity index (χ1n) is 10.8. The van der Waals surface area contributed by atoms with Crippen molar-refractivity contribution in [2.24, 2.45) is 0 Å². The van der Waals surface area contributed by atoms with Gasteiger partial charge in [-0.05, 0) is 0 Å². The van der Waals surface area contributed by atoms with Gasteiger partial charge in [-0.2, -0.15) is 0 Å². The van der Waals surface area contributed by atoms with Crippen molar-refractivity contribution < 1.29 is 29.0 Å². The van der Waals surface area contributed by atoms with E-state index in [-0.39, 0.29) is 28.0 Å². The standard InChI is InChI=1S/C26H18AsFN2O5S/c28-18-7-8-21(31)20(12-18)22(23(32)27-26-29-9-10-36-26)30-13-17-6-5-16(11-19(17)24(30)33)14-1-3-15(4-2-14)25(34)35/h1-12,22,27,31H,13H2,(H,34,35). The molecule has 36 heavy (non-hydrogen) atoms. The summed E-state index contributed by atoms with van der Waals surface area (Å²) in [7, 11) is 0. The number of carboxylic acid groups (broad SMARTS) is 1. The number of phenolic OH excluding ortho intramolecular Hbond substituents is 1. The molecule has 0 fully saturated rings. The third-order valence-corrected chi connectivity index (χ3v) is 9.58. The zero-order valence-electron chi connectivity index (χ0n) is 18.5. The summed E-state index contributed by atoms with van der Waals surface area (Å²) in [5.41, 5.74) is 2.76. The van der Waals surface area contributed by atoms with E-state index >= 15 is 0 Å². The van der Waals surface area contributed by atoms with Crippen molar-refractivity contribution in [1.82, 2.24) is 9.88 Å². The maximum atomic E-state index is 14.2. The monoisotopic (exact) mass is 564 g/mol. The summed E-state index contributed by atoms with van der Waals surface area (Å²) in [5.74, 6) is -2.31. The van der Waals surface area contributed by atoms with E-state index in [1.54, 1.807) is 35.8 Å². The van der Waals surface area contributed by atoms with Gasteiger partial charge in [-0.15, -0.1) is 0 Å². The molecule has 2 atom stereocenters. The van der Waals surface area contributed by atoms with Crippen molar-refractivity contribution in [2.45, 2.75) is 12.6 Å². The Balaban J connectivity index is 1.50. The molecule has 0 saturated heterocycles. The van der Waals surface area contributed by atoms with E-state index in [1.165, 1.54) is 34.4 Å². The Morgan fingerprint density at radius 1 is 1.06 bits per heavy atom. The molecule has 0 saturated carbocycles. The summed E-state index contributed by atoms with van der Waals surface area (Å²) >= 11 is -0.0718. The van der Waals surface area contributed by atoms with E-state index in [0.29, 0.717) is 20.5 Å². The summed E-state index contributed by atoms with van der Waals surface area (Å²) < 4.78 is 14.6. The quantitative estimate of drug-likeness (QED) is 0.334. The Kier molecular flexibility index (Phi) is 6.43. The summed E-state index contributed by atoms with van der Waals surface area (Å²) in [6, 6.07) is 13.9. The molecular formula is C26H18AsFN2O5S. The number of aromatic carboxylic acids is 1. The fourth-order valence-corrected chi connectivity index (χ4v) is 7.60.